The highest BCUT2D eigenvalue weighted by Crippen LogP contribution is 2.27. The van der Waals surface area contributed by atoms with Crippen molar-refractivity contribution in [2.45, 2.75) is 11.4 Å². The molecule has 3 N–H and O–H groups in total. The lowest BCUT2D eigenvalue weighted by atomic mass is 10.2. The number of hydrogen-bond donors (Lipinski definition) is 2. The van der Waals surface area contributed by atoms with Crippen molar-refractivity contribution in [3.8, 4) is 0 Å². The Labute approximate surface area is 87.2 Å². The van der Waals surface area contributed by atoms with Gasteiger partial charge in [-0.1, -0.05) is 6.07 Å². The van der Waals surface area contributed by atoms with Crippen molar-refractivity contribution in [2.24, 2.45) is 5.73 Å². The summed E-state index contributed by atoms with van der Waals surface area (Å²) in [7, 11) is -3.79. The summed E-state index contributed by atoms with van der Waals surface area (Å²) < 4.78 is 23.2. The van der Waals surface area contributed by atoms with E-state index in [1.54, 1.807) is 12.1 Å². The van der Waals surface area contributed by atoms with E-state index in [2.05, 4.69) is 5.32 Å². The number of hydrogen-bond acceptors (Lipinski definition) is 5. The molecule has 0 aromatic heterocycles. The molecule has 5 nitrogen and oxygen atoms in total. The van der Waals surface area contributed by atoms with Crippen molar-refractivity contribution in [2.75, 3.05) is 11.9 Å². The van der Waals surface area contributed by atoms with E-state index < -0.39 is 15.0 Å². The molecule has 1 aliphatic rings. The molecule has 0 fully saturated rings. The molecule has 0 atom stereocenters. The molecule has 1 aromatic carbocycles. The van der Waals surface area contributed by atoms with Gasteiger partial charge >= 0.3 is 0 Å². The minimum absolute atomic E-state index is 0.0379. The predicted molar refractivity (Wildman–Crippen MR) is 55.0 cm³/mol. The van der Waals surface area contributed by atoms with Crippen molar-refractivity contribution in [1.29, 1.82) is 0 Å². The van der Waals surface area contributed by atoms with Crippen LogP contribution in [0.4, 0.5) is 5.69 Å². The number of benzene rings is 1. The Kier molecular flexibility index (Phi) is 2.24. The van der Waals surface area contributed by atoms with Gasteiger partial charge in [0, 0.05) is 6.54 Å². The highest BCUT2D eigenvalue weighted by atomic mass is 32.2. The smallest absolute Gasteiger partial charge is 0.270 e. The van der Waals surface area contributed by atoms with Gasteiger partial charge in [-0.05, 0) is 17.7 Å². The van der Waals surface area contributed by atoms with E-state index in [-0.39, 0.29) is 11.4 Å². The van der Waals surface area contributed by atoms with Crippen LogP contribution in [0.1, 0.15) is 5.56 Å². The number of nitrogens with two attached hydrogens (primary N) is 1. The van der Waals surface area contributed by atoms with Gasteiger partial charge in [-0.3, -0.25) is 4.79 Å². The third kappa shape index (κ3) is 1.51. The van der Waals surface area contributed by atoms with E-state index >= 15 is 0 Å². The van der Waals surface area contributed by atoms with Gasteiger partial charge in [0.1, 0.15) is 0 Å². The zero-order chi connectivity index (χ0) is 11.1. The standard InChI is InChI=1S/C9H10N2O3S/c10-4-6-1-2-8-7(3-6)11-5-9(12)15(8,13)14/h1-3,11H,4-5,10H2. The first kappa shape index (κ1) is 10.1. The first-order valence-electron chi connectivity index (χ1n) is 4.40. The second-order valence-corrected chi connectivity index (χ2v) is 5.17. The lowest BCUT2D eigenvalue weighted by Crippen LogP contribution is -2.29. The Bertz CT molecular complexity index is 522. The summed E-state index contributed by atoms with van der Waals surface area (Å²) in [6.07, 6.45) is 0. The number of anilines is 1. The number of carbonyl (C=O) groups is 1. The maximum absolute atomic E-state index is 11.6. The van der Waals surface area contributed by atoms with Gasteiger partial charge in [0.25, 0.3) is 5.12 Å². The Balaban J connectivity index is 2.63. The van der Waals surface area contributed by atoms with E-state index in [0.717, 1.165) is 5.56 Å². The first-order chi connectivity index (χ1) is 7.05. The molecule has 0 amide bonds. The number of sulfone groups is 1. The van der Waals surface area contributed by atoms with Crippen molar-refractivity contribution < 1.29 is 13.2 Å². The van der Waals surface area contributed by atoms with Gasteiger partial charge < -0.3 is 11.1 Å². The monoisotopic (exact) mass is 226 g/mol. The molecule has 0 saturated carbocycles. The summed E-state index contributed by atoms with van der Waals surface area (Å²) in [5.41, 5.74) is 6.71. The van der Waals surface area contributed by atoms with Gasteiger partial charge in [-0.15, -0.1) is 0 Å². The van der Waals surface area contributed by atoms with Gasteiger partial charge in [0.05, 0.1) is 17.1 Å². The van der Waals surface area contributed by atoms with Gasteiger partial charge in [-0.25, -0.2) is 8.42 Å². The lowest BCUT2D eigenvalue weighted by Gasteiger charge is -2.17. The fraction of sp³-hybridized carbons (Fsp3) is 0.222. The van der Waals surface area contributed by atoms with E-state index in [9.17, 15) is 13.2 Å². The Morgan fingerprint density at radius 3 is 2.80 bits per heavy atom. The molecule has 0 unspecified atom stereocenters. The third-order valence-corrected chi connectivity index (χ3v) is 3.97. The van der Waals surface area contributed by atoms with Crippen molar-refractivity contribution >= 4 is 20.6 Å². The van der Waals surface area contributed by atoms with Crippen LogP contribution < -0.4 is 11.1 Å². The topological polar surface area (TPSA) is 89.3 Å². The molecule has 0 spiro atoms. The molecular formula is C9H10N2O3S. The molecule has 0 bridgehead atoms. The second kappa shape index (κ2) is 3.32. The van der Waals surface area contributed by atoms with Crippen LogP contribution in [0.5, 0.6) is 0 Å². The highest BCUT2D eigenvalue weighted by molar-refractivity contribution is 8.06. The molecule has 15 heavy (non-hydrogen) atoms. The van der Waals surface area contributed by atoms with Crippen LogP contribution >= 0.6 is 0 Å². The molecule has 0 saturated heterocycles. The van der Waals surface area contributed by atoms with Crippen LogP contribution in [-0.4, -0.2) is 20.1 Å². The van der Waals surface area contributed by atoms with E-state index in [0.29, 0.717) is 12.2 Å². The highest BCUT2D eigenvalue weighted by Gasteiger charge is 2.31. The molecule has 0 aliphatic carbocycles. The first-order valence-corrected chi connectivity index (χ1v) is 5.89. The van der Waals surface area contributed by atoms with E-state index in [1.165, 1.54) is 6.07 Å². The summed E-state index contributed by atoms with van der Waals surface area (Å²) >= 11 is 0. The number of carbonyl (C=O) groups excluding carboxylic acids is 1. The molecule has 1 heterocycles. The minimum atomic E-state index is -3.79. The van der Waals surface area contributed by atoms with Crippen LogP contribution in [0.15, 0.2) is 23.1 Å². The summed E-state index contributed by atoms with van der Waals surface area (Å²) in [6.45, 7) is 0.159. The Morgan fingerprint density at radius 2 is 2.13 bits per heavy atom. The zero-order valence-electron chi connectivity index (χ0n) is 7.86. The molecule has 0 radical (unpaired) electrons. The average molecular weight is 226 g/mol. The van der Waals surface area contributed by atoms with Gasteiger partial charge in [0.15, 0.2) is 0 Å². The number of fused-ring (bicyclic) bond motifs is 1. The van der Waals surface area contributed by atoms with Gasteiger partial charge in [0.2, 0.25) is 9.84 Å². The van der Waals surface area contributed by atoms with Crippen molar-refractivity contribution in [3.63, 3.8) is 0 Å². The third-order valence-electron chi connectivity index (χ3n) is 2.29. The maximum atomic E-state index is 11.6. The second-order valence-electron chi connectivity index (χ2n) is 3.26. The minimum Gasteiger partial charge on any atom is -0.376 e. The van der Waals surface area contributed by atoms with Crippen LogP contribution in [0, 0.1) is 0 Å². The fourth-order valence-electron chi connectivity index (χ4n) is 1.46. The Morgan fingerprint density at radius 1 is 1.40 bits per heavy atom. The predicted octanol–water partition coefficient (Wildman–Crippen LogP) is -0.129. The fourth-order valence-corrected chi connectivity index (χ4v) is 2.64. The van der Waals surface area contributed by atoms with Crippen LogP contribution in [0.25, 0.3) is 0 Å². The molecule has 1 aromatic rings. The molecular weight excluding hydrogens is 216 g/mol. The molecule has 6 heteroatoms. The van der Waals surface area contributed by atoms with Gasteiger partial charge in [-0.2, -0.15) is 0 Å². The lowest BCUT2D eigenvalue weighted by molar-refractivity contribution is -0.110. The van der Waals surface area contributed by atoms with Crippen molar-refractivity contribution in [3.05, 3.63) is 23.8 Å². The maximum Gasteiger partial charge on any atom is 0.270 e. The average Bonchev–Trinajstić information content (AvgIpc) is 2.23. The summed E-state index contributed by atoms with van der Waals surface area (Å²) in [6, 6.07) is 4.67. The summed E-state index contributed by atoms with van der Waals surface area (Å²) in [5, 5.41) is 1.96. The number of nitrogens with one attached hydrogen (secondary N) is 1. The van der Waals surface area contributed by atoms with Crippen LogP contribution in [0.3, 0.4) is 0 Å². The molecule has 2 rings (SSSR count). The van der Waals surface area contributed by atoms with E-state index in [1.807, 2.05) is 0 Å². The number of rotatable bonds is 1. The largest absolute Gasteiger partial charge is 0.376 e. The summed E-state index contributed by atoms with van der Waals surface area (Å²) in [4.78, 5) is 11.2. The molecule has 1 aliphatic heterocycles. The van der Waals surface area contributed by atoms with E-state index in [4.69, 9.17) is 5.73 Å². The quantitative estimate of drug-likeness (QED) is 0.696. The Hall–Kier alpha value is -1.40. The van der Waals surface area contributed by atoms with Crippen LogP contribution in [0.2, 0.25) is 0 Å². The van der Waals surface area contributed by atoms with Crippen LogP contribution in [-0.2, 0) is 21.2 Å². The zero-order valence-corrected chi connectivity index (χ0v) is 8.67. The summed E-state index contributed by atoms with van der Waals surface area (Å²) in [5.74, 6) is 0. The molecule has 80 valence electrons. The van der Waals surface area contributed by atoms with Crippen molar-refractivity contribution in [1.82, 2.24) is 0 Å². The SMILES string of the molecule is NCc1ccc2c(c1)NCC(=O)S2(=O)=O. The normalized spacial score (nSPS) is 18.1.